The normalized spacial score (nSPS) is 10.8. The van der Waals surface area contributed by atoms with Crippen LogP contribution in [0.5, 0.6) is 0 Å². The summed E-state index contributed by atoms with van der Waals surface area (Å²) in [7, 11) is 1.73. The van der Waals surface area contributed by atoms with Crippen LogP contribution in [-0.2, 0) is 0 Å². The molecule has 3 rings (SSSR count). The van der Waals surface area contributed by atoms with Gasteiger partial charge in [-0.3, -0.25) is 4.79 Å². The molecule has 0 saturated carbocycles. The third-order valence-corrected chi connectivity index (χ3v) is 4.04. The highest BCUT2D eigenvalue weighted by Crippen LogP contribution is 2.22. The van der Waals surface area contributed by atoms with E-state index in [0.717, 1.165) is 15.8 Å². The Bertz CT molecular complexity index is 813. The highest BCUT2D eigenvalue weighted by Gasteiger charge is 2.15. The third-order valence-electron chi connectivity index (χ3n) is 3.21. The molecule has 1 aromatic carbocycles. The molecule has 0 saturated heterocycles. The summed E-state index contributed by atoms with van der Waals surface area (Å²) in [5.41, 5.74) is 2.14. The standard InChI is InChI=1S/C15H11BrClN3O/c1-19(12-4-2-11(17)3-5-12)15(21)10-8-13(16)14-18-6-7-20(14)9-10/h2-9H,1H3. The van der Waals surface area contributed by atoms with E-state index in [2.05, 4.69) is 20.9 Å². The molecular weight excluding hydrogens is 354 g/mol. The van der Waals surface area contributed by atoms with Gasteiger partial charge in [0.1, 0.15) is 0 Å². The van der Waals surface area contributed by atoms with Gasteiger partial charge in [0, 0.05) is 36.3 Å². The van der Waals surface area contributed by atoms with E-state index in [4.69, 9.17) is 11.6 Å². The Balaban J connectivity index is 1.97. The van der Waals surface area contributed by atoms with Crippen LogP contribution in [0.25, 0.3) is 5.65 Å². The summed E-state index contributed by atoms with van der Waals surface area (Å²) < 4.78 is 2.59. The lowest BCUT2D eigenvalue weighted by Crippen LogP contribution is -2.26. The molecule has 2 aromatic heterocycles. The minimum Gasteiger partial charge on any atom is -0.311 e. The van der Waals surface area contributed by atoms with Crippen LogP contribution < -0.4 is 4.90 Å². The van der Waals surface area contributed by atoms with Crippen molar-refractivity contribution in [3.63, 3.8) is 0 Å². The van der Waals surface area contributed by atoms with Crippen LogP contribution in [0.15, 0.2) is 53.4 Å². The number of aromatic nitrogens is 2. The van der Waals surface area contributed by atoms with Crippen molar-refractivity contribution in [3.05, 3.63) is 64.0 Å². The van der Waals surface area contributed by atoms with Crippen LogP contribution in [0.1, 0.15) is 10.4 Å². The fourth-order valence-corrected chi connectivity index (χ4v) is 2.76. The molecule has 21 heavy (non-hydrogen) atoms. The monoisotopic (exact) mass is 363 g/mol. The van der Waals surface area contributed by atoms with E-state index in [-0.39, 0.29) is 5.91 Å². The molecule has 1 amide bonds. The van der Waals surface area contributed by atoms with Gasteiger partial charge in [-0.25, -0.2) is 4.98 Å². The maximum Gasteiger partial charge on any atom is 0.259 e. The minimum absolute atomic E-state index is 0.103. The van der Waals surface area contributed by atoms with E-state index in [1.54, 1.807) is 48.7 Å². The lowest BCUT2D eigenvalue weighted by molar-refractivity contribution is 0.0992. The molecule has 0 fully saturated rings. The molecule has 0 radical (unpaired) electrons. The Labute approximate surface area is 135 Å². The molecule has 0 aliphatic heterocycles. The topological polar surface area (TPSA) is 37.6 Å². The van der Waals surface area contributed by atoms with Crippen LogP contribution in [0.3, 0.4) is 0 Å². The van der Waals surface area contributed by atoms with Gasteiger partial charge in [0.15, 0.2) is 5.65 Å². The number of rotatable bonds is 2. The largest absolute Gasteiger partial charge is 0.311 e. The molecule has 0 aliphatic carbocycles. The number of carbonyl (C=O) groups excluding carboxylic acids is 1. The Morgan fingerprint density at radius 1 is 1.33 bits per heavy atom. The number of hydrogen-bond donors (Lipinski definition) is 0. The smallest absolute Gasteiger partial charge is 0.259 e. The summed E-state index contributed by atoms with van der Waals surface area (Å²) in [6.45, 7) is 0. The van der Waals surface area contributed by atoms with Crippen molar-refractivity contribution in [1.82, 2.24) is 9.38 Å². The maximum absolute atomic E-state index is 12.6. The highest BCUT2D eigenvalue weighted by molar-refractivity contribution is 9.10. The first-order valence-corrected chi connectivity index (χ1v) is 7.39. The highest BCUT2D eigenvalue weighted by atomic mass is 79.9. The van der Waals surface area contributed by atoms with Crippen molar-refractivity contribution in [2.45, 2.75) is 0 Å². The second kappa shape index (κ2) is 5.50. The van der Waals surface area contributed by atoms with Gasteiger partial charge in [0.2, 0.25) is 0 Å². The minimum atomic E-state index is -0.103. The van der Waals surface area contributed by atoms with Gasteiger partial charge in [-0.05, 0) is 46.3 Å². The number of fused-ring (bicyclic) bond motifs is 1. The molecule has 3 aromatic rings. The fourth-order valence-electron chi connectivity index (χ4n) is 2.08. The summed E-state index contributed by atoms with van der Waals surface area (Å²) in [5.74, 6) is -0.103. The number of pyridine rings is 1. The summed E-state index contributed by atoms with van der Waals surface area (Å²) in [4.78, 5) is 18.4. The number of benzene rings is 1. The van der Waals surface area contributed by atoms with Crippen LogP contribution in [0.2, 0.25) is 5.02 Å². The van der Waals surface area contributed by atoms with E-state index < -0.39 is 0 Å². The van der Waals surface area contributed by atoms with Gasteiger partial charge in [-0.2, -0.15) is 0 Å². The molecule has 0 N–H and O–H groups in total. The summed E-state index contributed by atoms with van der Waals surface area (Å²) in [6, 6.07) is 8.92. The number of hydrogen-bond acceptors (Lipinski definition) is 2. The van der Waals surface area contributed by atoms with Crippen molar-refractivity contribution in [2.24, 2.45) is 0 Å². The van der Waals surface area contributed by atoms with Crippen molar-refractivity contribution in [1.29, 1.82) is 0 Å². The molecule has 0 aliphatic rings. The molecule has 0 bridgehead atoms. The van der Waals surface area contributed by atoms with Crippen molar-refractivity contribution in [3.8, 4) is 0 Å². The third kappa shape index (κ3) is 2.66. The van der Waals surface area contributed by atoms with Crippen LogP contribution in [0.4, 0.5) is 5.69 Å². The first-order chi connectivity index (χ1) is 10.1. The lowest BCUT2D eigenvalue weighted by Gasteiger charge is -2.17. The fraction of sp³-hybridized carbons (Fsp3) is 0.0667. The second-order valence-corrected chi connectivity index (χ2v) is 5.87. The maximum atomic E-state index is 12.6. The first kappa shape index (κ1) is 14.1. The predicted octanol–water partition coefficient (Wildman–Crippen LogP) is 4.03. The Hall–Kier alpha value is -1.85. The Kier molecular flexibility index (Phi) is 3.69. The zero-order valence-corrected chi connectivity index (χ0v) is 13.5. The quantitative estimate of drug-likeness (QED) is 0.688. The molecule has 4 nitrogen and oxygen atoms in total. The van der Waals surface area contributed by atoms with Crippen molar-refractivity contribution in [2.75, 3.05) is 11.9 Å². The summed E-state index contributed by atoms with van der Waals surface area (Å²) in [5, 5.41) is 0.641. The SMILES string of the molecule is CN(C(=O)c1cc(Br)c2nccn2c1)c1ccc(Cl)cc1. The van der Waals surface area contributed by atoms with Crippen molar-refractivity contribution >= 4 is 44.8 Å². The van der Waals surface area contributed by atoms with Crippen LogP contribution in [0, 0.1) is 0 Å². The van der Waals surface area contributed by atoms with Crippen LogP contribution in [-0.4, -0.2) is 22.3 Å². The molecule has 0 unspecified atom stereocenters. The molecule has 0 spiro atoms. The number of halogens is 2. The second-order valence-electron chi connectivity index (χ2n) is 4.58. The molecule has 6 heteroatoms. The van der Waals surface area contributed by atoms with Gasteiger partial charge in [-0.1, -0.05) is 11.6 Å². The number of amides is 1. The molecule has 2 heterocycles. The Morgan fingerprint density at radius 2 is 2.05 bits per heavy atom. The average molecular weight is 365 g/mol. The summed E-state index contributed by atoms with van der Waals surface area (Å²) in [6.07, 6.45) is 5.26. The van der Waals surface area contributed by atoms with Gasteiger partial charge < -0.3 is 9.30 Å². The van der Waals surface area contributed by atoms with E-state index in [0.29, 0.717) is 10.6 Å². The summed E-state index contributed by atoms with van der Waals surface area (Å²) >= 11 is 9.31. The Morgan fingerprint density at radius 3 is 2.76 bits per heavy atom. The molecular formula is C15H11BrClN3O. The zero-order chi connectivity index (χ0) is 15.0. The zero-order valence-electron chi connectivity index (χ0n) is 11.1. The van der Waals surface area contributed by atoms with Crippen LogP contribution >= 0.6 is 27.5 Å². The number of nitrogens with zero attached hydrogens (tertiary/aromatic N) is 3. The first-order valence-electron chi connectivity index (χ1n) is 6.22. The number of anilines is 1. The van der Waals surface area contributed by atoms with E-state index in [1.807, 2.05) is 16.5 Å². The van der Waals surface area contributed by atoms with Gasteiger partial charge in [-0.15, -0.1) is 0 Å². The predicted molar refractivity (Wildman–Crippen MR) is 87.1 cm³/mol. The van der Waals surface area contributed by atoms with Gasteiger partial charge in [0.25, 0.3) is 5.91 Å². The average Bonchev–Trinajstić information content (AvgIpc) is 2.95. The molecule has 0 atom stereocenters. The molecule has 106 valence electrons. The van der Waals surface area contributed by atoms with E-state index in [9.17, 15) is 4.79 Å². The number of imidazole rings is 1. The number of carbonyl (C=O) groups is 1. The van der Waals surface area contributed by atoms with E-state index >= 15 is 0 Å². The van der Waals surface area contributed by atoms with Crippen molar-refractivity contribution < 1.29 is 4.79 Å². The van der Waals surface area contributed by atoms with Gasteiger partial charge in [0.05, 0.1) is 10.0 Å². The van der Waals surface area contributed by atoms with E-state index in [1.165, 1.54) is 0 Å². The van der Waals surface area contributed by atoms with Gasteiger partial charge >= 0.3 is 0 Å². The lowest BCUT2D eigenvalue weighted by atomic mass is 10.2.